The first-order valence-electron chi connectivity index (χ1n) is 5.72. The molecule has 2 heterocycles. The van der Waals surface area contributed by atoms with Crippen LogP contribution in [0.2, 0.25) is 0 Å². The molecule has 1 aliphatic rings. The lowest BCUT2D eigenvalue weighted by Gasteiger charge is -2.20. The second kappa shape index (κ2) is 5.49. The largest absolute Gasteiger partial charge is 0.479 e. The molecular weight excluding hydrogens is 254 g/mol. The van der Waals surface area contributed by atoms with Crippen LogP contribution in [0.3, 0.4) is 0 Å². The SMILES string of the molecule is CN(Cc1ccsc1)C(=O)C1CCC(C(=O)O)O1. The van der Waals surface area contributed by atoms with Crippen LogP contribution in [-0.4, -0.2) is 41.1 Å². The van der Waals surface area contributed by atoms with E-state index >= 15 is 0 Å². The fraction of sp³-hybridized carbons (Fsp3) is 0.500. The normalized spacial score (nSPS) is 22.9. The van der Waals surface area contributed by atoms with Crippen LogP contribution < -0.4 is 0 Å². The van der Waals surface area contributed by atoms with Crippen molar-refractivity contribution in [1.82, 2.24) is 4.90 Å². The van der Waals surface area contributed by atoms with Crippen molar-refractivity contribution in [2.24, 2.45) is 0 Å². The molecule has 98 valence electrons. The van der Waals surface area contributed by atoms with Gasteiger partial charge in [0, 0.05) is 13.6 Å². The molecular formula is C12H15NO4S. The summed E-state index contributed by atoms with van der Waals surface area (Å²) in [5.74, 6) is -1.14. The summed E-state index contributed by atoms with van der Waals surface area (Å²) in [7, 11) is 1.71. The topological polar surface area (TPSA) is 66.8 Å². The van der Waals surface area contributed by atoms with E-state index in [1.54, 1.807) is 23.3 Å². The Morgan fingerprint density at radius 1 is 1.50 bits per heavy atom. The van der Waals surface area contributed by atoms with Crippen molar-refractivity contribution in [3.05, 3.63) is 22.4 Å². The summed E-state index contributed by atoms with van der Waals surface area (Å²) in [5, 5.41) is 12.8. The van der Waals surface area contributed by atoms with E-state index in [0.29, 0.717) is 19.4 Å². The van der Waals surface area contributed by atoms with Crippen LogP contribution in [0.1, 0.15) is 18.4 Å². The lowest BCUT2D eigenvalue weighted by atomic mass is 10.2. The molecule has 5 nitrogen and oxygen atoms in total. The molecule has 0 radical (unpaired) electrons. The van der Waals surface area contributed by atoms with Gasteiger partial charge in [-0.2, -0.15) is 11.3 Å². The van der Waals surface area contributed by atoms with E-state index < -0.39 is 18.2 Å². The number of amides is 1. The number of likely N-dealkylation sites (N-methyl/N-ethyl adjacent to an activating group) is 1. The third-order valence-corrected chi connectivity index (χ3v) is 3.68. The van der Waals surface area contributed by atoms with Crippen LogP contribution in [0.4, 0.5) is 0 Å². The molecule has 18 heavy (non-hydrogen) atoms. The van der Waals surface area contributed by atoms with Crippen LogP contribution in [0.15, 0.2) is 16.8 Å². The number of aliphatic carboxylic acids is 1. The number of hydrogen-bond donors (Lipinski definition) is 1. The minimum atomic E-state index is -0.995. The maximum absolute atomic E-state index is 12.1. The van der Waals surface area contributed by atoms with Crippen molar-refractivity contribution < 1.29 is 19.4 Å². The van der Waals surface area contributed by atoms with Gasteiger partial charge in [0.1, 0.15) is 6.10 Å². The van der Waals surface area contributed by atoms with Gasteiger partial charge in [-0.3, -0.25) is 4.79 Å². The molecule has 1 amide bonds. The van der Waals surface area contributed by atoms with Crippen LogP contribution in [-0.2, 0) is 20.9 Å². The van der Waals surface area contributed by atoms with Gasteiger partial charge in [-0.15, -0.1) is 0 Å². The Kier molecular flexibility index (Phi) is 3.98. The third-order valence-electron chi connectivity index (χ3n) is 2.95. The molecule has 2 unspecified atom stereocenters. The molecule has 2 atom stereocenters. The summed E-state index contributed by atoms with van der Waals surface area (Å²) in [4.78, 5) is 24.4. The maximum atomic E-state index is 12.1. The Labute approximate surface area is 109 Å². The van der Waals surface area contributed by atoms with E-state index in [1.165, 1.54) is 0 Å². The van der Waals surface area contributed by atoms with E-state index in [2.05, 4.69) is 0 Å². The standard InChI is InChI=1S/C12H15NO4S/c1-13(6-8-4-5-18-7-8)11(14)9-2-3-10(17-9)12(15)16/h4-5,7,9-10H,2-3,6H2,1H3,(H,15,16). The maximum Gasteiger partial charge on any atom is 0.332 e. The second-order valence-corrected chi connectivity index (χ2v) is 5.13. The molecule has 1 aromatic rings. The first kappa shape index (κ1) is 13.0. The summed E-state index contributed by atoms with van der Waals surface area (Å²) >= 11 is 1.58. The number of thiophene rings is 1. The molecule has 1 N–H and O–H groups in total. The molecule has 1 aliphatic heterocycles. The smallest absolute Gasteiger partial charge is 0.332 e. The van der Waals surface area contributed by atoms with E-state index in [-0.39, 0.29) is 5.91 Å². The second-order valence-electron chi connectivity index (χ2n) is 4.35. The highest BCUT2D eigenvalue weighted by atomic mass is 32.1. The Bertz CT molecular complexity index is 431. The molecule has 6 heteroatoms. The van der Waals surface area contributed by atoms with E-state index in [0.717, 1.165) is 5.56 Å². The van der Waals surface area contributed by atoms with Crippen molar-refractivity contribution in [2.75, 3.05) is 7.05 Å². The van der Waals surface area contributed by atoms with Crippen molar-refractivity contribution in [3.63, 3.8) is 0 Å². The average molecular weight is 269 g/mol. The minimum Gasteiger partial charge on any atom is -0.479 e. The predicted octanol–water partition coefficient (Wildman–Crippen LogP) is 1.34. The molecule has 1 aromatic heterocycles. The fourth-order valence-electron chi connectivity index (χ4n) is 1.98. The van der Waals surface area contributed by atoms with Gasteiger partial charge >= 0.3 is 5.97 Å². The molecule has 1 fully saturated rings. The van der Waals surface area contributed by atoms with Gasteiger partial charge in [0.2, 0.25) is 0 Å². The van der Waals surface area contributed by atoms with E-state index in [9.17, 15) is 9.59 Å². The van der Waals surface area contributed by atoms with Gasteiger partial charge in [-0.25, -0.2) is 4.79 Å². The molecule has 0 aliphatic carbocycles. The highest BCUT2D eigenvalue weighted by molar-refractivity contribution is 7.07. The summed E-state index contributed by atoms with van der Waals surface area (Å²) in [5.41, 5.74) is 1.07. The number of hydrogen-bond acceptors (Lipinski definition) is 4. The number of carbonyl (C=O) groups excluding carboxylic acids is 1. The molecule has 0 bridgehead atoms. The van der Waals surface area contributed by atoms with Crippen LogP contribution in [0, 0.1) is 0 Å². The molecule has 1 saturated heterocycles. The van der Waals surface area contributed by atoms with Crippen molar-refractivity contribution in [1.29, 1.82) is 0 Å². The molecule has 0 aromatic carbocycles. The van der Waals surface area contributed by atoms with Gasteiger partial charge in [0.05, 0.1) is 0 Å². The summed E-state index contributed by atoms with van der Waals surface area (Å²) < 4.78 is 5.24. The number of ether oxygens (including phenoxy) is 1. The Balaban J connectivity index is 1.90. The third kappa shape index (κ3) is 2.88. The highest BCUT2D eigenvalue weighted by Gasteiger charge is 2.35. The zero-order valence-electron chi connectivity index (χ0n) is 10.0. The Morgan fingerprint density at radius 2 is 2.22 bits per heavy atom. The highest BCUT2D eigenvalue weighted by Crippen LogP contribution is 2.22. The first-order chi connectivity index (χ1) is 8.58. The summed E-state index contributed by atoms with van der Waals surface area (Å²) in [6.45, 7) is 0.528. The number of carboxylic acid groups (broad SMARTS) is 1. The van der Waals surface area contributed by atoms with Gasteiger partial charge in [-0.05, 0) is 35.2 Å². The lowest BCUT2D eigenvalue weighted by Crippen LogP contribution is -2.36. The van der Waals surface area contributed by atoms with Crippen molar-refractivity contribution in [3.8, 4) is 0 Å². The summed E-state index contributed by atoms with van der Waals surface area (Å²) in [6.07, 6.45) is -0.579. The number of nitrogens with zero attached hydrogens (tertiary/aromatic N) is 1. The average Bonchev–Trinajstić information content (AvgIpc) is 2.98. The van der Waals surface area contributed by atoms with Crippen LogP contribution in [0.25, 0.3) is 0 Å². The lowest BCUT2D eigenvalue weighted by molar-refractivity contribution is -0.154. The zero-order valence-corrected chi connectivity index (χ0v) is 10.9. The molecule has 0 saturated carbocycles. The Hall–Kier alpha value is -1.40. The Morgan fingerprint density at radius 3 is 2.78 bits per heavy atom. The first-order valence-corrected chi connectivity index (χ1v) is 6.66. The van der Waals surface area contributed by atoms with Gasteiger partial charge < -0.3 is 14.7 Å². The summed E-state index contributed by atoms with van der Waals surface area (Å²) in [6, 6.07) is 1.96. The quantitative estimate of drug-likeness (QED) is 0.895. The molecule has 0 spiro atoms. The number of carbonyl (C=O) groups is 2. The number of carboxylic acids is 1. The monoisotopic (exact) mass is 269 g/mol. The van der Waals surface area contributed by atoms with E-state index in [1.807, 2.05) is 16.8 Å². The fourth-order valence-corrected chi connectivity index (χ4v) is 2.64. The predicted molar refractivity (Wildman–Crippen MR) is 66.3 cm³/mol. The number of rotatable bonds is 4. The van der Waals surface area contributed by atoms with Gasteiger partial charge in [0.25, 0.3) is 5.91 Å². The molecule has 2 rings (SSSR count). The van der Waals surface area contributed by atoms with Crippen LogP contribution in [0.5, 0.6) is 0 Å². The zero-order chi connectivity index (χ0) is 13.1. The van der Waals surface area contributed by atoms with Crippen molar-refractivity contribution in [2.45, 2.75) is 31.6 Å². The van der Waals surface area contributed by atoms with Crippen LogP contribution >= 0.6 is 11.3 Å². The van der Waals surface area contributed by atoms with Gasteiger partial charge in [0.15, 0.2) is 6.10 Å². The van der Waals surface area contributed by atoms with Crippen molar-refractivity contribution >= 4 is 23.2 Å². The van der Waals surface area contributed by atoms with Gasteiger partial charge in [-0.1, -0.05) is 0 Å². The minimum absolute atomic E-state index is 0.148. The van der Waals surface area contributed by atoms with E-state index in [4.69, 9.17) is 9.84 Å².